The second-order valence-corrected chi connectivity index (χ2v) is 3.72. The average Bonchev–Trinajstić information content (AvgIpc) is 2.74. The van der Waals surface area contributed by atoms with Crippen LogP contribution in [0.15, 0.2) is 36.8 Å². The monoisotopic (exact) mass is 216 g/mol. The molecule has 0 aromatic carbocycles. The Bertz CT molecular complexity index is 435. The van der Waals surface area contributed by atoms with Gasteiger partial charge in [0, 0.05) is 25.6 Å². The number of hydrogen-bond donors (Lipinski definition) is 1. The van der Waals surface area contributed by atoms with Crippen LogP contribution in [0.25, 0.3) is 0 Å². The van der Waals surface area contributed by atoms with Crippen LogP contribution in [-0.4, -0.2) is 14.5 Å². The summed E-state index contributed by atoms with van der Waals surface area (Å²) in [5.41, 5.74) is 0. The summed E-state index contributed by atoms with van der Waals surface area (Å²) < 4.78 is 2.03. The lowest BCUT2D eigenvalue weighted by Crippen LogP contribution is -2.15. The van der Waals surface area contributed by atoms with Gasteiger partial charge in [-0.05, 0) is 18.6 Å². The molecule has 0 radical (unpaired) electrons. The highest BCUT2D eigenvalue weighted by Gasteiger charge is 2.13. The van der Waals surface area contributed by atoms with Crippen LogP contribution in [0, 0.1) is 0 Å². The summed E-state index contributed by atoms with van der Waals surface area (Å²) in [6.07, 6.45) is 6.53. The van der Waals surface area contributed by atoms with E-state index in [0.717, 1.165) is 18.1 Å². The summed E-state index contributed by atoms with van der Waals surface area (Å²) in [6, 6.07) is 6.05. The molecular formula is C12H16N4. The van der Waals surface area contributed by atoms with Gasteiger partial charge < -0.3 is 9.88 Å². The molecule has 1 N–H and O–H groups in total. The molecule has 2 aromatic heterocycles. The van der Waals surface area contributed by atoms with E-state index < -0.39 is 0 Å². The zero-order valence-electron chi connectivity index (χ0n) is 9.59. The quantitative estimate of drug-likeness (QED) is 0.853. The Morgan fingerprint density at radius 2 is 2.19 bits per heavy atom. The minimum Gasteiger partial charge on any atom is -0.360 e. The van der Waals surface area contributed by atoms with Crippen molar-refractivity contribution in [2.45, 2.75) is 19.4 Å². The number of pyridine rings is 1. The van der Waals surface area contributed by atoms with Crippen molar-refractivity contribution in [2.24, 2.45) is 7.05 Å². The number of rotatable bonds is 4. The van der Waals surface area contributed by atoms with Crippen LogP contribution < -0.4 is 5.32 Å². The molecule has 1 unspecified atom stereocenters. The maximum atomic E-state index is 4.36. The van der Waals surface area contributed by atoms with Gasteiger partial charge in [-0.1, -0.05) is 13.0 Å². The number of aryl methyl sites for hydroxylation is 1. The highest BCUT2D eigenvalue weighted by Crippen LogP contribution is 2.18. The van der Waals surface area contributed by atoms with Crippen LogP contribution >= 0.6 is 0 Å². The molecule has 0 amide bonds. The first-order chi connectivity index (χ1) is 7.81. The van der Waals surface area contributed by atoms with E-state index in [2.05, 4.69) is 22.2 Å². The molecule has 16 heavy (non-hydrogen) atoms. The SMILES string of the molecule is CCC(Nc1ccccn1)c1nccn1C. The van der Waals surface area contributed by atoms with E-state index >= 15 is 0 Å². The van der Waals surface area contributed by atoms with Crippen molar-refractivity contribution >= 4 is 5.82 Å². The molecular weight excluding hydrogens is 200 g/mol. The van der Waals surface area contributed by atoms with Gasteiger partial charge in [0.25, 0.3) is 0 Å². The second kappa shape index (κ2) is 4.79. The Hall–Kier alpha value is -1.84. The molecule has 84 valence electrons. The number of nitrogens with zero attached hydrogens (tertiary/aromatic N) is 3. The summed E-state index contributed by atoms with van der Waals surface area (Å²) in [5, 5.41) is 3.38. The molecule has 2 heterocycles. The minimum atomic E-state index is 0.204. The van der Waals surface area contributed by atoms with Crippen LogP contribution in [0.3, 0.4) is 0 Å². The number of nitrogens with one attached hydrogen (secondary N) is 1. The van der Waals surface area contributed by atoms with Gasteiger partial charge in [0.05, 0.1) is 6.04 Å². The molecule has 1 atom stereocenters. The van der Waals surface area contributed by atoms with Gasteiger partial charge in [0.15, 0.2) is 0 Å². The third-order valence-electron chi connectivity index (χ3n) is 2.57. The van der Waals surface area contributed by atoms with Crippen LogP contribution in [-0.2, 0) is 7.05 Å². The first-order valence-corrected chi connectivity index (χ1v) is 5.46. The van der Waals surface area contributed by atoms with Crippen molar-refractivity contribution in [2.75, 3.05) is 5.32 Å². The van der Waals surface area contributed by atoms with Crippen LogP contribution in [0.5, 0.6) is 0 Å². The molecule has 2 aromatic rings. The number of imidazole rings is 1. The molecule has 0 spiro atoms. The first-order valence-electron chi connectivity index (χ1n) is 5.46. The molecule has 0 aliphatic heterocycles. The maximum Gasteiger partial charge on any atom is 0.131 e. The van der Waals surface area contributed by atoms with E-state index in [1.54, 1.807) is 6.20 Å². The second-order valence-electron chi connectivity index (χ2n) is 3.72. The molecule has 0 bridgehead atoms. The highest BCUT2D eigenvalue weighted by molar-refractivity contribution is 5.35. The van der Waals surface area contributed by atoms with Crippen molar-refractivity contribution in [3.05, 3.63) is 42.6 Å². The largest absolute Gasteiger partial charge is 0.360 e. The Balaban J connectivity index is 2.16. The zero-order chi connectivity index (χ0) is 11.4. The van der Waals surface area contributed by atoms with Gasteiger partial charge in [-0.15, -0.1) is 0 Å². The van der Waals surface area contributed by atoms with Crippen LogP contribution in [0.4, 0.5) is 5.82 Å². The predicted octanol–water partition coefficient (Wildman–Crippen LogP) is 2.38. The van der Waals surface area contributed by atoms with Crippen molar-refractivity contribution in [1.29, 1.82) is 0 Å². The van der Waals surface area contributed by atoms with E-state index in [1.807, 2.05) is 42.2 Å². The van der Waals surface area contributed by atoms with Crippen LogP contribution in [0.2, 0.25) is 0 Å². The van der Waals surface area contributed by atoms with Crippen LogP contribution in [0.1, 0.15) is 25.2 Å². The van der Waals surface area contributed by atoms with E-state index in [-0.39, 0.29) is 6.04 Å². The van der Waals surface area contributed by atoms with Crippen molar-refractivity contribution < 1.29 is 0 Å². The number of hydrogen-bond acceptors (Lipinski definition) is 3. The van der Waals surface area contributed by atoms with Gasteiger partial charge in [-0.2, -0.15) is 0 Å². The van der Waals surface area contributed by atoms with E-state index in [1.165, 1.54) is 0 Å². The summed E-state index contributed by atoms with van der Waals surface area (Å²) in [6.45, 7) is 2.13. The third kappa shape index (κ3) is 2.21. The molecule has 0 aliphatic rings. The molecule has 4 heteroatoms. The minimum absolute atomic E-state index is 0.204. The fourth-order valence-electron chi connectivity index (χ4n) is 1.69. The Kier molecular flexibility index (Phi) is 3.19. The van der Waals surface area contributed by atoms with Crippen molar-refractivity contribution in [3.8, 4) is 0 Å². The smallest absolute Gasteiger partial charge is 0.131 e. The molecule has 0 aliphatic carbocycles. The summed E-state index contributed by atoms with van der Waals surface area (Å²) in [7, 11) is 2.01. The molecule has 0 fully saturated rings. The summed E-state index contributed by atoms with van der Waals surface area (Å²) in [4.78, 5) is 8.61. The van der Waals surface area contributed by atoms with Gasteiger partial charge in [-0.25, -0.2) is 9.97 Å². The Morgan fingerprint density at radius 1 is 1.31 bits per heavy atom. The lowest BCUT2D eigenvalue weighted by atomic mass is 10.2. The molecule has 0 saturated carbocycles. The number of anilines is 1. The van der Waals surface area contributed by atoms with E-state index in [9.17, 15) is 0 Å². The first kappa shape index (κ1) is 10.7. The normalized spacial score (nSPS) is 12.4. The predicted molar refractivity (Wildman–Crippen MR) is 64.1 cm³/mol. The third-order valence-corrected chi connectivity index (χ3v) is 2.57. The summed E-state index contributed by atoms with van der Waals surface area (Å²) in [5.74, 6) is 1.92. The zero-order valence-corrected chi connectivity index (χ0v) is 9.59. The lowest BCUT2D eigenvalue weighted by molar-refractivity contribution is 0.651. The van der Waals surface area contributed by atoms with Gasteiger partial charge in [0.1, 0.15) is 11.6 Å². The molecule has 0 saturated heterocycles. The average molecular weight is 216 g/mol. The maximum absolute atomic E-state index is 4.36. The van der Waals surface area contributed by atoms with Gasteiger partial charge >= 0.3 is 0 Å². The van der Waals surface area contributed by atoms with Crippen molar-refractivity contribution in [1.82, 2.24) is 14.5 Å². The number of aromatic nitrogens is 3. The van der Waals surface area contributed by atoms with E-state index in [0.29, 0.717) is 0 Å². The van der Waals surface area contributed by atoms with E-state index in [4.69, 9.17) is 0 Å². The molecule has 2 rings (SSSR count). The van der Waals surface area contributed by atoms with Crippen molar-refractivity contribution in [3.63, 3.8) is 0 Å². The fraction of sp³-hybridized carbons (Fsp3) is 0.333. The fourth-order valence-corrected chi connectivity index (χ4v) is 1.69. The highest BCUT2D eigenvalue weighted by atomic mass is 15.1. The summed E-state index contributed by atoms with van der Waals surface area (Å²) >= 11 is 0. The topological polar surface area (TPSA) is 42.7 Å². The van der Waals surface area contributed by atoms with Gasteiger partial charge in [0.2, 0.25) is 0 Å². The Labute approximate surface area is 95.4 Å². The lowest BCUT2D eigenvalue weighted by Gasteiger charge is -2.17. The Morgan fingerprint density at radius 3 is 2.75 bits per heavy atom. The van der Waals surface area contributed by atoms with Gasteiger partial charge in [-0.3, -0.25) is 0 Å². The standard InChI is InChI=1S/C12H16N4/c1-3-10(12-14-8-9-16(12)2)15-11-6-4-5-7-13-11/h4-10H,3H2,1-2H3,(H,13,15). The molecule has 4 nitrogen and oxygen atoms in total.